The van der Waals surface area contributed by atoms with Gasteiger partial charge >= 0.3 is 0 Å². The molecule has 0 aliphatic rings. The molecule has 0 radical (unpaired) electrons. The van der Waals surface area contributed by atoms with Crippen molar-refractivity contribution in [1.29, 1.82) is 0 Å². The van der Waals surface area contributed by atoms with E-state index < -0.39 is 0 Å². The summed E-state index contributed by atoms with van der Waals surface area (Å²) in [6.45, 7) is 10.0. The van der Waals surface area contributed by atoms with Crippen LogP contribution in [0.2, 0.25) is 0 Å². The maximum absolute atomic E-state index is 4.23. The van der Waals surface area contributed by atoms with E-state index in [4.69, 9.17) is 0 Å². The maximum Gasteiger partial charge on any atom is 0.0598 e. The van der Waals surface area contributed by atoms with Crippen LogP contribution in [0.4, 0.5) is 0 Å². The number of rotatable bonds is 1. The molecule has 0 atom stereocenters. The smallest absolute Gasteiger partial charge is 0.0598 e. The minimum atomic E-state index is 1.06. The van der Waals surface area contributed by atoms with Crippen molar-refractivity contribution in [2.45, 2.75) is 34.6 Å². The highest BCUT2D eigenvalue weighted by Gasteiger charge is 1.92. The van der Waals surface area contributed by atoms with Gasteiger partial charge in [-0.1, -0.05) is 19.9 Å². The second-order valence-corrected chi connectivity index (χ2v) is 2.33. The largest absolute Gasteiger partial charge is 0.245 e. The van der Waals surface area contributed by atoms with Crippen molar-refractivity contribution in [3.8, 4) is 0 Å². The summed E-state index contributed by atoms with van der Waals surface area (Å²) in [5.41, 5.74) is 2.22. The van der Waals surface area contributed by atoms with Crippen molar-refractivity contribution in [3.05, 3.63) is 24.0 Å². The molecule has 1 rings (SSSR count). The standard InChI is InChI=1S/C8H12N2.C2H6/c1-4-8(3)10-6-5-7(2)9-10;1-2/h4-6H,1-3H3;1-2H3/b8-4-;. The Morgan fingerprint density at radius 2 is 2.08 bits per heavy atom. The van der Waals surface area contributed by atoms with Crippen LogP contribution in [0.15, 0.2) is 18.3 Å². The molecule has 0 amide bonds. The van der Waals surface area contributed by atoms with Crippen molar-refractivity contribution in [1.82, 2.24) is 9.78 Å². The molecule has 0 bridgehead atoms. The van der Waals surface area contributed by atoms with E-state index in [1.54, 1.807) is 0 Å². The number of hydrogen-bond acceptors (Lipinski definition) is 1. The molecule has 1 heterocycles. The Hall–Kier alpha value is -1.05. The highest BCUT2D eigenvalue weighted by Crippen LogP contribution is 2.01. The molecule has 0 saturated carbocycles. The molecule has 0 aliphatic carbocycles. The SMILES string of the molecule is C/C=C(/C)n1ccc(C)n1.CC. The lowest BCUT2D eigenvalue weighted by atomic mass is 10.5. The molecular weight excluding hydrogens is 148 g/mol. The quantitative estimate of drug-likeness (QED) is 0.627. The van der Waals surface area contributed by atoms with Gasteiger partial charge in [-0.25, -0.2) is 4.68 Å². The molecule has 2 nitrogen and oxygen atoms in total. The molecule has 1 aromatic rings. The van der Waals surface area contributed by atoms with Crippen LogP contribution in [-0.2, 0) is 0 Å². The van der Waals surface area contributed by atoms with Crippen molar-refractivity contribution in [2.24, 2.45) is 0 Å². The van der Waals surface area contributed by atoms with E-state index in [0.29, 0.717) is 0 Å². The van der Waals surface area contributed by atoms with Crippen molar-refractivity contribution < 1.29 is 0 Å². The van der Waals surface area contributed by atoms with Gasteiger partial charge < -0.3 is 0 Å². The first-order valence-corrected chi connectivity index (χ1v) is 4.39. The third-order valence-electron chi connectivity index (χ3n) is 1.50. The third-order valence-corrected chi connectivity index (χ3v) is 1.50. The van der Waals surface area contributed by atoms with Gasteiger partial charge in [0.2, 0.25) is 0 Å². The van der Waals surface area contributed by atoms with E-state index in [-0.39, 0.29) is 0 Å². The van der Waals surface area contributed by atoms with Crippen LogP contribution in [0.3, 0.4) is 0 Å². The molecule has 12 heavy (non-hydrogen) atoms. The normalized spacial score (nSPS) is 10.6. The van der Waals surface area contributed by atoms with Crippen molar-refractivity contribution in [3.63, 3.8) is 0 Å². The van der Waals surface area contributed by atoms with Gasteiger partial charge in [0.1, 0.15) is 0 Å². The summed E-state index contributed by atoms with van der Waals surface area (Å²) in [5, 5.41) is 4.23. The summed E-state index contributed by atoms with van der Waals surface area (Å²) in [5.74, 6) is 0. The van der Waals surface area contributed by atoms with Crippen LogP contribution in [-0.4, -0.2) is 9.78 Å². The number of aryl methyl sites for hydroxylation is 1. The Kier molecular flexibility index (Phi) is 5.09. The second-order valence-electron chi connectivity index (χ2n) is 2.33. The highest BCUT2D eigenvalue weighted by molar-refractivity contribution is 5.39. The minimum absolute atomic E-state index is 1.06. The minimum Gasteiger partial charge on any atom is -0.245 e. The fourth-order valence-electron chi connectivity index (χ4n) is 0.744. The van der Waals surface area contributed by atoms with E-state index in [9.17, 15) is 0 Å². The maximum atomic E-state index is 4.23. The number of nitrogens with zero attached hydrogens (tertiary/aromatic N) is 2. The first-order valence-electron chi connectivity index (χ1n) is 4.39. The summed E-state index contributed by atoms with van der Waals surface area (Å²) in [4.78, 5) is 0. The van der Waals surface area contributed by atoms with Crippen LogP contribution in [0, 0.1) is 6.92 Å². The molecule has 0 saturated heterocycles. The van der Waals surface area contributed by atoms with Crippen LogP contribution in [0.1, 0.15) is 33.4 Å². The fourth-order valence-corrected chi connectivity index (χ4v) is 0.744. The summed E-state index contributed by atoms with van der Waals surface area (Å²) in [7, 11) is 0. The summed E-state index contributed by atoms with van der Waals surface area (Å²) in [6.07, 6.45) is 4.00. The summed E-state index contributed by atoms with van der Waals surface area (Å²) >= 11 is 0. The molecule has 2 heteroatoms. The van der Waals surface area contributed by atoms with Crippen LogP contribution in [0.5, 0.6) is 0 Å². The van der Waals surface area contributed by atoms with Gasteiger partial charge in [-0.15, -0.1) is 0 Å². The number of aromatic nitrogens is 2. The van der Waals surface area contributed by atoms with Gasteiger partial charge in [-0.05, 0) is 26.8 Å². The van der Waals surface area contributed by atoms with Crippen LogP contribution < -0.4 is 0 Å². The van der Waals surface area contributed by atoms with Crippen LogP contribution >= 0.6 is 0 Å². The Labute approximate surface area is 74.9 Å². The lowest BCUT2D eigenvalue weighted by molar-refractivity contribution is 0.875. The average Bonchev–Trinajstić information content (AvgIpc) is 2.54. The molecule has 68 valence electrons. The van der Waals surface area contributed by atoms with E-state index in [1.807, 2.05) is 57.6 Å². The first kappa shape index (κ1) is 11.0. The second kappa shape index (κ2) is 5.58. The first-order chi connectivity index (χ1) is 5.74. The highest BCUT2D eigenvalue weighted by atomic mass is 15.3. The molecule has 0 aliphatic heterocycles. The Morgan fingerprint density at radius 3 is 2.42 bits per heavy atom. The topological polar surface area (TPSA) is 17.8 Å². The monoisotopic (exact) mass is 166 g/mol. The van der Waals surface area contributed by atoms with E-state index >= 15 is 0 Å². The Bertz CT molecular complexity index is 246. The summed E-state index contributed by atoms with van der Waals surface area (Å²) < 4.78 is 1.87. The zero-order valence-electron chi connectivity index (χ0n) is 8.63. The lowest BCUT2D eigenvalue weighted by Crippen LogP contribution is -1.93. The molecule has 0 N–H and O–H groups in total. The van der Waals surface area contributed by atoms with E-state index in [1.165, 1.54) is 0 Å². The van der Waals surface area contributed by atoms with Crippen LogP contribution in [0.25, 0.3) is 5.70 Å². The fraction of sp³-hybridized carbons (Fsp3) is 0.500. The molecule has 0 unspecified atom stereocenters. The van der Waals surface area contributed by atoms with Crippen molar-refractivity contribution in [2.75, 3.05) is 0 Å². The van der Waals surface area contributed by atoms with Crippen molar-refractivity contribution >= 4 is 5.70 Å². The molecule has 0 spiro atoms. The van der Waals surface area contributed by atoms with Gasteiger partial charge in [-0.3, -0.25) is 0 Å². The zero-order chi connectivity index (χ0) is 9.56. The van der Waals surface area contributed by atoms with Gasteiger partial charge in [0.25, 0.3) is 0 Å². The predicted octanol–water partition coefficient (Wildman–Crippen LogP) is 3.10. The van der Waals surface area contributed by atoms with Gasteiger partial charge in [-0.2, -0.15) is 5.10 Å². The molecular formula is C10H18N2. The van der Waals surface area contributed by atoms with Gasteiger partial charge in [0.05, 0.1) is 5.69 Å². The van der Waals surface area contributed by atoms with Gasteiger partial charge in [0.15, 0.2) is 0 Å². The number of hydrogen-bond donors (Lipinski definition) is 0. The lowest BCUT2D eigenvalue weighted by Gasteiger charge is -1.97. The van der Waals surface area contributed by atoms with Gasteiger partial charge in [0, 0.05) is 11.9 Å². The molecule has 0 fully saturated rings. The molecule has 1 aromatic heterocycles. The number of allylic oxidation sites excluding steroid dienone is 2. The predicted molar refractivity (Wildman–Crippen MR) is 53.9 cm³/mol. The zero-order valence-corrected chi connectivity index (χ0v) is 8.63. The Balaban J connectivity index is 0.000000561. The third kappa shape index (κ3) is 2.91. The van der Waals surface area contributed by atoms with E-state index in [2.05, 4.69) is 5.10 Å². The summed E-state index contributed by atoms with van der Waals surface area (Å²) in [6, 6.07) is 1.99. The average molecular weight is 166 g/mol. The molecule has 0 aromatic carbocycles. The van der Waals surface area contributed by atoms with E-state index in [0.717, 1.165) is 11.4 Å². The Morgan fingerprint density at radius 1 is 1.50 bits per heavy atom.